The molecule has 1 aromatic heterocycles. The third kappa shape index (κ3) is 2.32. The maximum Gasteiger partial charge on any atom is 0.336 e. The van der Waals surface area contributed by atoms with Gasteiger partial charge in [-0.25, -0.2) is 9.78 Å². The highest BCUT2D eigenvalue weighted by atomic mass is 16.5. The van der Waals surface area contributed by atoms with Crippen LogP contribution in [0.3, 0.4) is 0 Å². The van der Waals surface area contributed by atoms with E-state index in [9.17, 15) is 9.90 Å². The summed E-state index contributed by atoms with van der Waals surface area (Å²) in [6.45, 7) is 1.86. The van der Waals surface area contributed by atoms with Crippen molar-refractivity contribution in [3.63, 3.8) is 0 Å². The summed E-state index contributed by atoms with van der Waals surface area (Å²) < 4.78 is 4.97. The minimum absolute atomic E-state index is 0.280. The van der Waals surface area contributed by atoms with Crippen molar-refractivity contribution < 1.29 is 14.6 Å². The summed E-state index contributed by atoms with van der Waals surface area (Å²) in [5.74, 6) is -0.438. The molecule has 0 aliphatic carbocycles. The van der Waals surface area contributed by atoms with Crippen molar-refractivity contribution in [2.24, 2.45) is 0 Å². The zero-order valence-electron chi connectivity index (χ0n) is 10.2. The number of ether oxygens (including phenoxy) is 1. The molecule has 0 aliphatic heterocycles. The van der Waals surface area contributed by atoms with Crippen molar-refractivity contribution in [3.05, 3.63) is 47.7 Å². The maximum atomic E-state index is 11.2. The molecule has 0 amide bonds. The number of rotatable bonds is 3. The Hall–Kier alpha value is -2.36. The number of hydrogen-bond donors (Lipinski definition) is 1. The van der Waals surface area contributed by atoms with Crippen LogP contribution in [-0.4, -0.2) is 23.2 Å². The van der Waals surface area contributed by atoms with Gasteiger partial charge in [0.05, 0.1) is 12.7 Å². The van der Waals surface area contributed by atoms with Gasteiger partial charge < -0.3 is 9.84 Å². The number of carbonyl (C=O) groups is 1. The second-order valence-electron chi connectivity index (χ2n) is 3.94. The van der Waals surface area contributed by atoms with Gasteiger partial charge in [0.2, 0.25) is 5.88 Å². The van der Waals surface area contributed by atoms with E-state index in [0.717, 1.165) is 11.1 Å². The molecule has 0 atom stereocenters. The number of hydrogen-bond acceptors (Lipinski definition) is 3. The third-order valence-corrected chi connectivity index (χ3v) is 2.66. The summed E-state index contributed by atoms with van der Waals surface area (Å²) in [5, 5.41) is 9.21. The van der Waals surface area contributed by atoms with E-state index in [1.807, 2.05) is 13.0 Å². The Morgan fingerprint density at radius 3 is 2.61 bits per heavy atom. The van der Waals surface area contributed by atoms with Crippen LogP contribution in [0.25, 0.3) is 11.1 Å². The van der Waals surface area contributed by atoms with Gasteiger partial charge in [-0.3, -0.25) is 0 Å². The highest BCUT2D eigenvalue weighted by Crippen LogP contribution is 2.25. The van der Waals surface area contributed by atoms with E-state index in [-0.39, 0.29) is 5.56 Å². The first-order chi connectivity index (χ1) is 8.61. The van der Waals surface area contributed by atoms with Crippen molar-refractivity contribution >= 4 is 5.97 Å². The molecule has 1 N–H and O–H groups in total. The highest BCUT2D eigenvalue weighted by Gasteiger charge is 2.12. The maximum absolute atomic E-state index is 11.2. The predicted octanol–water partition coefficient (Wildman–Crippen LogP) is 2.76. The first-order valence-electron chi connectivity index (χ1n) is 5.46. The number of benzene rings is 1. The number of aryl methyl sites for hydroxylation is 1. The first kappa shape index (κ1) is 12.1. The molecule has 0 saturated heterocycles. The second-order valence-corrected chi connectivity index (χ2v) is 3.94. The first-order valence-corrected chi connectivity index (χ1v) is 5.46. The van der Waals surface area contributed by atoms with Crippen molar-refractivity contribution in [3.8, 4) is 17.0 Å². The van der Waals surface area contributed by atoms with Gasteiger partial charge in [-0.05, 0) is 24.6 Å². The Morgan fingerprint density at radius 1 is 1.28 bits per heavy atom. The predicted molar refractivity (Wildman–Crippen MR) is 67.9 cm³/mol. The lowest BCUT2D eigenvalue weighted by atomic mass is 9.99. The SMILES string of the molecule is COc1ccc(-c2ccc(C)cc2C(=O)O)cn1. The fraction of sp³-hybridized carbons (Fsp3) is 0.143. The molecule has 0 spiro atoms. The van der Waals surface area contributed by atoms with E-state index in [0.29, 0.717) is 11.4 Å². The minimum atomic E-state index is -0.940. The van der Waals surface area contributed by atoms with Crippen molar-refractivity contribution in [1.29, 1.82) is 0 Å². The van der Waals surface area contributed by atoms with Gasteiger partial charge in [-0.2, -0.15) is 0 Å². The van der Waals surface area contributed by atoms with Crippen LogP contribution in [0.15, 0.2) is 36.5 Å². The number of methoxy groups -OCH3 is 1. The average Bonchev–Trinajstić information content (AvgIpc) is 2.39. The highest BCUT2D eigenvalue weighted by molar-refractivity contribution is 5.96. The molecule has 2 rings (SSSR count). The van der Waals surface area contributed by atoms with Crippen molar-refractivity contribution in [2.75, 3.05) is 7.11 Å². The van der Waals surface area contributed by atoms with Crippen LogP contribution in [0.5, 0.6) is 5.88 Å². The molecule has 0 fully saturated rings. The average molecular weight is 243 g/mol. The van der Waals surface area contributed by atoms with E-state index < -0.39 is 5.97 Å². The van der Waals surface area contributed by atoms with Crippen LogP contribution in [0.1, 0.15) is 15.9 Å². The standard InChI is InChI=1S/C14H13NO3/c1-9-3-5-11(12(7-9)14(16)17)10-4-6-13(18-2)15-8-10/h3-8H,1-2H3,(H,16,17). The van der Waals surface area contributed by atoms with E-state index in [2.05, 4.69) is 4.98 Å². The lowest BCUT2D eigenvalue weighted by molar-refractivity contribution is 0.0697. The summed E-state index contributed by atoms with van der Waals surface area (Å²) in [7, 11) is 1.54. The molecule has 0 aliphatic rings. The van der Waals surface area contributed by atoms with Crippen molar-refractivity contribution in [1.82, 2.24) is 4.98 Å². The molecular weight excluding hydrogens is 230 g/mol. The fourth-order valence-electron chi connectivity index (χ4n) is 1.75. The topological polar surface area (TPSA) is 59.4 Å². The molecule has 4 nitrogen and oxygen atoms in total. The largest absolute Gasteiger partial charge is 0.481 e. The Bertz CT molecular complexity index is 576. The molecule has 18 heavy (non-hydrogen) atoms. The monoisotopic (exact) mass is 243 g/mol. The number of carboxylic acids is 1. The molecule has 1 heterocycles. The Kier molecular flexibility index (Phi) is 3.28. The number of pyridine rings is 1. The molecule has 0 saturated carbocycles. The van der Waals surface area contributed by atoms with Gasteiger partial charge in [0.1, 0.15) is 0 Å². The number of nitrogens with zero attached hydrogens (tertiary/aromatic N) is 1. The Balaban J connectivity index is 2.52. The van der Waals surface area contributed by atoms with Gasteiger partial charge in [0.25, 0.3) is 0 Å². The molecule has 2 aromatic rings. The Morgan fingerprint density at radius 2 is 2.06 bits per heavy atom. The lowest BCUT2D eigenvalue weighted by Gasteiger charge is -2.07. The van der Waals surface area contributed by atoms with Gasteiger partial charge >= 0.3 is 5.97 Å². The summed E-state index contributed by atoms with van der Waals surface area (Å²) in [4.78, 5) is 15.3. The number of aromatic carboxylic acids is 1. The van der Waals surface area contributed by atoms with Crippen LogP contribution < -0.4 is 4.74 Å². The molecule has 0 unspecified atom stereocenters. The molecule has 0 radical (unpaired) electrons. The van der Waals surface area contributed by atoms with E-state index in [1.165, 1.54) is 7.11 Å². The van der Waals surface area contributed by atoms with Gasteiger partial charge in [0, 0.05) is 17.8 Å². The zero-order chi connectivity index (χ0) is 13.1. The summed E-state index contributed by atoms with van der Waals surface area (Å²) in [6.07, 6.45) is 1.61. The van der Waals surface area contributed by atoms with E-state index >= 15 is 0 Å². The second kappa shape index (κ2) is 4.87. The smallest absolute Gasteiger partial charge is 0.336 e. The number of aromatic nitrogens is 1. The summed E-state index contributed by atoms with van der Waals surface area (Å²) in [5.41, 5.74) is 2.61. The van der Waals surface area contributed by atoms with Crippen LogP contribution in [0, 0.1) is 6.92 Å². The Labute approximate surface area is 105 Å². The van der Waals surface area contributed by atoms with Gasteiger partial charge in [-0.1, -0.05) is 17.7 Å². The minimum Gasteiger partial charge on any atom is -0.481 e. The lowest BCUT2D eigenvalue weighted by Crippen LogP contribution is -2.00. The molecular formula is C14H13NO3. The van der Waals surface area contributed by atoms with Crippen LogP contribution in [0.4, 0.5) is 0 Å². The molecule has 1 aromatic carbocycles. The van der Waals surface area contributed by atoms with Crippen LogP contribution in [0.2, 0.25) is 0 Å². The van der Waals surface area contributed by atoms with E-state index in [1.54, 1.807) is 30.5 Å². The quantitative estimate of drug-likeness (QED) is 0.900. The summed E-state index contributed by atoms with van der Waals surface area (Å²) in [6, 6.07) is 8.83. The fourth-order valence-corrected chi connectivity index (χ4v) is 1.75. The normalized spacial score (nSPS) is 10.1. The summed E-state index contributed by atoms with van der Waals surface area (Å²) >= 11 is 0. The zero-order valence-corrected chi connectivity index (χ0v) is 10.2. The third-order valence-electron chi connectivity index (χ3n) is 2.66. The van der Waals surface area contributed by atoms with Crippen LogP contribution in [-0.2, 0) is 0 Å². The molecule has 0 bridgehead atoms. The van der Waals surface area contributed by atoms with Crippen LogP contribution >= 0.6 is 0 Å². The van der Waals surface area contributed by atoms with Crippen molar-refractivity contribution in [2.45, 2.75) is 6.92 Å². The number of carboxylic acid groups (broad SMARTS) is 1. The van der Waals surface area contributed by atoms with Gasteiger partial charge in [-0.15, -0.1) is 0 Å². The molecule has 92 valence electrons. The van der Waals surface area contributed by atoms with E-state index in [4.69, 9.17) is 4.74 Å². The molecule has 4 heteroatoms. The van der Waals surface area contributed by atoms with Gasteiger partial charge in [0.15, 0.2) is 0 Å².